The maximum absolute atomic E-state index is 12.6. The molecule has 1 unspecified atom stereocenters. The molecule has 1 aliphatic heterocycles. The molecule has 0 aliphatic carbocycles. The summed E-state index contributed by atoms with van der Waals surface area (Å²) in [5.74, 6) is 0.961. The zero-order valence-electron chi connectivity index (χ0n) is 19.1. The Labute approximate surface area is 197 Å². The molecular formula is C26H27N5O3. The first kappa shape index (κ1) is 21.8. The van der Waals surface area contributed by atoms with Gasteiger partial charge in [-0.2, -0.15) is 0 Å². The van der Waals surface area contributed by atoms with Crippen LogP contribution in [-0.4, -0.2) is 39.8 Å². The van der Waals surface area contributed by atoms with Crippen molar-refractivity contribution < 1.29 is 14.3 Å². The minimum atomic E-state index is -0.353. The number of aromatic nitrogens is 3. The van der Waals surface area contributed by atoms with Gasteiger partial charge in [0.05, 0.1) is 12.0 Å². The first-order chi connectivity index (χ1) is 16.7. The average Bonchev–Trinajstić information content (AvgIpc) is 3.50. The number of nitrogen functional groups attached to an aromatic ring is 1. The third-order valence-corrected chi connectivity index (χ3v) is 6.07. The number of carbonyl (C=O) groups is 1. The largest absolute Gasteiger partial charge is 0.489 e. The second-order valence-corrected chi connectivity index (χ2v) is 8.22. The van der Waals surface area contributed by atoms with Crippen LogP contribution in [0.15, 0.2) is 67.1 Å². The van der Waals surface area contributed by atoms with Crippen molar-refractivity contribution in [3.8, 4) is 16.9 Å². The minimum absolute atomic E-state index is 0.217. The van der Waals surface area contributed by atoms with E-state index in [0.717, 1.165) is 47.2 Å². The van der Waals surface area contributed by atoms with Gasteiger partial charge in [-0.3, -0.25) is 5.01 Å². The highest BCUT2D eigenvalue weighted by atomic mass is 16.5. The van der Waals surface area contributed by atoms with Gasteiger partial charge in [-0.05, 0) is 43.0 Å². The number of rotatable bonds is 7. The fourth-order valence-electron chi connectivity index (χ4n) is 4.44. The number of esters is 1. The van der Waals surface area contributed by atoms with Crippen LogP contribution in [0.3, 0.4) is 0 Å². The Bertz CT molecular complexity index is 1290. The van der Waals surface area contributed by atoms with Crippen molar-refractivity contribution in [2.45, 2.75) is 32.4 Å². The van der Waals surface area contributed by atoms with E-state index in [2.05, 4.69) is 9.97 Å². The Morgan fingerprint density at radius 3 is 2.68 bits per heavy atom. The summed E-state index contributed by atoms with van der Waals surface area (Å²) in [6, 6.07) is 17.6. The number of nitrogens with two attached hydrogens (primary N) is 1. The number of anilines is 1. The second-order valence-electron chi connectivity index (χ2n) is 8.22. The fraction of sp³-hybridized carbons (Fsp3) is 0.269. The van der Waals surface area contributed by atoms with E-state index in [1.807, 2.05) is 77.4 Å². The molecule has 34 heavy (non-hydrogen) atoms. The number of benzene rings is 2. The Morgan fingerprint density at radius 1 is 1.12 bits per heavy atom. The Kier molecular flexibility index (Phi) is 6.03. The zero-order chi connectivity index (χ0) is 23.5. The number of nitrogens with zero attached hydrogens (tertiary/aromatic N) is 4. The smallest absolute Gasteiger partial charge is 0.330 e. The van der Waals surface area contributed by atoms with Crippen molar-refractivity contribution in [3.05, 3.63) is 72.7 Å². The van der Waals surface area contributed by atoms with Gasteiger partial charge in [0.25, 0.3) is 0 Å². The van der Waals surface area contributed by atoms with Crippen LogP contribution >= 0.6 is 0 Å². The lowest BCUT2D eigenvalue weighted by Crippen LogP contribution is -2.44. The van der Waals surface area contributed by atoms with Gasteiger partial charge in [-0.15, -0.1) is 0 Å². The number of fused-ring (bicyclic) bond motifs is 1. The molecule has 1 aliphatic rings. The van der Waals surface area contributed by atoms with Crippen LogP contribution in [0.5, 0.6) is 5.75 Å². The van der Waals surface area contributed by atoms with Crippen LogP contribution < -0.4 is 15.5 Å². The van der Waals surface area contributed by atoms with E-state index in [-0.39, 0.29) is 12.0 Å². The van der Waals surface area contributed by atoms with Gasteiger partial charge in [0.2, 0.25) is 0 Å². The van der Waals surface area contributed by atoms with Gasteiger partial charge in [0.1, 0.15) is 30.5 Å². The molecule has 5 rings (SSSR count). The van der Waals surface area contributed by atoms with Gasteiger partial charge in [-0.25, -0.2) is 19.4 Å². The number of hydrogen-bond donors (Lipinski definition) is 1. The van der Waals surface area contributed by atoms with Crippen molar-refractivity contribution in [1.82, 2.24) is 14.6 Å². The topological polar surface area (TPSA) is 95.5 Å². The normalized spacial score (nSPS) is 15.6. The lowest BCUT2D eigenvalue weighted by molar-refractivity contribution is -0.144. The van der Waals surface area contributed by atoms with E-state index in [9.17, 15) is 4.79 Å². The van der Waals surface area contributed by atoms with Gasteiger partial charge < -0.3 is 15.2 Å². The van der Waals surface area contributed by atoms with E-state index in [0.29, 0.717) is 24.7 Å². The first-order valence-electron chi connectivity index (χ1n) is 11.5. The first-order valence-corrected chi connectivity index (χ1v) is 11.5. The third kappa shape index (κ3) is 4.14. The van der Waals surface area contributed by atoms with Crippen molar-refractivity contribution in [3.63, 3.8) is 0 Å². The summed E-state index contributed by atoms with van der Waals surface area (Å²) in [4.78, 5) is 21.3. The maximum atomic E-state index is 12.6. The van der Waals surface area contributed by atoms with Gasteiger partial charge >= 0.3 is 5.97 Å². The molecule has 0 bridgehead atoms. The molecular weight excluding hydrogens is 430 g/mol. The van der Waals surface area contributed by atoms with Crippen LogP contribution in [0.25, 0.3) is 22.2 Å². The molecule has 2 aromatic heterocycles. The van der Waals surface area contributed by atoms with Crippen molar-refractivity contribution in [2.24, 2.45) is 0 Å². The average molecular weight is 458 g/mol. The molecule has 0 amide bonds. The molecule has 2 N–H and O–H groups in total. The molecule has 1 atom stereocenters. The molecule has 0 radical (unpaired) electrons. The van der Waals surface area contributed by atoms with Crippen LogP contribution in [0.2, 0.25) is 0 Å². The number of ether oxygens (including phenoxy) is 2. The molecule has 8 heteroatoms. The second kappa shape index (κ2) is 9.43. The van der Waals surface area contributed by atoms with Crippen molar-refractivity contribution in [2.75, 3.05) is 23.9 Å². The molecule has 8 nitrogen and oxygen atoms in total. The highest BCUT2D eigenvalue weighted by Gasteiger charge is 2.34. The van der Waals surface area contributed by atoms with Crippen LogP contribution in [0, 0.1) is 0 Å². The predicted molar refractivity (Wildman–Crippen MR) is 131 cm³/mol. The van der Waals surface area contributed by atoms with Gasteiger partial charge in [-0.1, -0.05) is 42.5 Å². The lowest BCUT2D eigenvalue weighted by Gasteiger charge is -2.26. The zero-order valence-corrected chi connectivity index (χ0v) is 19.1. The fourth-order valence-corrected chi connectivity index (χ4v) is 4.44. The standard InChI is InChI=1S/C26H27N5O3/c1-2-33-26(32)22-9-6-14-30(22)31-15-21(23-24(27)28-17-29-25(23)31)19-10-12-20(13-11-19)34-16-18-7-4-3-5-8-18/h3-5,7-8,10-13,15,17,22H,2,6,9,14,16H2,1H3,(H2,27,28,29). The molecule has 4 aromatic rings. The molecule has 0 saturated carbocycles. The molecule has 3 heterocycles. The van der Waals surface area contributed by atoms with Crippen LogP contribution in [0.1, 0.15) is 25.3 Å². The monoisotopic (exact) mass is 457 g/mol. The summed E-state index contributed by atoms with van der Waals surface area (Å²) in [6.07, 6.45) is 5.06. The minimum Gasteiger partial charge on any atom is -0.489 e. The molecule has 0 spiro atoms. The van der Waals surface area contributed by atoms with E-state index in [1.54, 1.807) is 0 Å². The molecule has 1 fully saturated rings. The summed E-state index contributed by atoms with van der Waals surface area (Å²) in [7, 11) is 0. The van der Waals surface area contributed by atoms with E-state index in [4.69, 9.17) is 15.2 Å². The highest BCUT2D eigenvalue weighted by molar-refractivity contribution is 6.01. The third-order valence-electron chi connectivity index (χ3n) is 6.07. The van der Waals surface area contributed by atoms with E-state index < -0.39 is 0 Å². The predicted octanol–water partition coefficient (Wildman–Crippen LogP) is 3.92. The number of hydrogen-bond acceptors (Lipinski definition) is 7. The Morgan fingerprint density at radius 2 is 1.91 bits per heavy atom. The molecule has 2 aromatic carbocycles. The lowest BCUT2D eigenvalue weighted by atomic mass is 10.1. The summed E-state index contributed by atoms with van der Waals surface area (Å²) in [6.45, 7) is 3.41. The van der Waals surface area contributed by atoms with E-state index >= 15 is 0 Å². The van der Waals surface area contributed by atoms with Crippen LogP contribution in [-0.2, 0) is 16.1 Å². The maximum Gasteiger partial charge on any atom is 0.330 e. The van der Waals surface area contributed by atoms with E-state index in [1.165, 1.54) is 6.33 Å². The van der Waals surface area contributed by atoms with Crippen molar-refractivity contribution >= 4 is 22.8 Å². The summed E-state index contributed by atoms with van der Waals surface area (Å²) >= 11 is 0. The van der Waals surface area contributed by atoms with Crippen molar-refractivity contribution in [1.29, 1.82) is 0 Å². The number of carbonyl (C=O) groups excluding carboxylic acids is 1. The quantitative estimate of drug-likeness (QED) is 0.420. The van der Waals surface area contributed by atoms with Gasteiger partial charge in [0, 0.05) is 18.3 Å². The Balaban J connectivity index is 1.46. The van der Waals surface area contributed by atoms with Gasteiger partial charge in [0.15, 0.2) is 5.65 Å². The molecule has 174 valence electrons. The summed E-state index contributed by atoms with van der Waals surface area (Å²) in [5.41, 5.74) is 9.94. The Hall–Kier alpha value is -4.07. The van der Waals surface area contributed by atoms with Crippen LogP contribution in [0.4, 0.5) is 5.82 Å². The highest BCUT2D eigenvalue weighted by Crippen LogP contribution is 2.35. The summed E-state index contributed by atoms with van der Waals surface area (Å²) in [5, 5.41) is 2.77. The SMILES string of the molecule is CCOC(=O)C1CCCN1n1cc(-c2ccc(OCc3ccccc3)cc2)c2c(N)ncnc21. The molecule has 1 saturated heterocycles. The summed E-state index contributed by atoms with van der Waals surface area (Å²) < 4.78 is 13.2.